The normalized spacial score (nSPS) is 13.9. The van der Waals surface area contributed by atoms with Gasteiger partial charge in [-0.3, -0.25) is 0 Å². The number of aromatic nitrogens is 1. The monoisotopic (exact) mass is 273 g/mol. The van der Waals surface area contributed by atoms with E-state index < -0.39 is 12.3 Å². The van der Waals surface area contributed by atoms with E-state index in [1.54, 1.807) is 0 Å². The summed E-state index contributed by atoms with van der Waals surface area (Å²) in [7, 11) is 0. The highest BCUT2D eigenvalue weighted by Gasteiger charge is 2.36. The number of hydrogen-bond donors (Lipinski definition) is 0. The van der Waals surface area contributed by atoms with E-state index in [2.05, 4.69) is 9.72 Å². The van der Waals surface area contributed by atoms with Gasteiger partial charge in [0.1, 0.15) is 5.15 Å². The molecule has 16 heavy (non-hydrogen) atoms. The lowest BCUT2D eigenvalue weighted by atomic mass is 10.3. The third-order valence-electron chi connectivity index (χ3n) is 1.85. The average Bonchev–Trinajstić information content (AvgIpc) is 2.14. The Balaban J connectivity index is 2.62. The van der Waals surface area contributed by atoms with Crippen molar-refractivity contribution in [2.45, 2.75) is 25.8 Å². The van der Waals surface area contributed by atoms with Crippen LogP contribution < -0.4 is 0 Å². The second-order valence-corrected chi connectivity index (χ2v) is 3.89. The third kappa shape index (κ3) is 3.81. The quantitative estimate of drug-likeness (QED) is 0.781. The molecule has 7 heteroatoms. The largest absolute Gasteiger partial charge is 0.414 e. The van der Waals surface area contributed by atoms with Gasteiger partial charge >= 0.3 is 6.18 Å². The molecule has 0 spiro atoms. The summed E-state index contributed by atoms with van der Waals surface area (Å²) in [4.78, 5) is 3.70. The smallest absolute Gasteiger partial charge is 0.364 e. The van der Waals surface area contributed by atoms with Crippen molar-refractivity contribution in [3.05, 3.63) is 28.0 Å². The van der Waals surface area contributed by atoms with Gasteiger partial charge in [-0.05, 0) is 13.0 Å². The molecule has 0 N–H and O–H groups in total. The van der Waals surface area contributed by atoms with Gasteiger partial charge in [0.2, 0.25) is 0 Å². The molecule has 0 fully saturated rings. The molecule has 0 aromatic carbocycles. The van der Waals surface area contributed by atoms with Crippen molar-refractivity contribution in [3.63, 3.8) is 0 Å². The average molecular weight is 274 g/mol. The second kappa shape index (κ2) is 5.21. The van der Waals surface area contributed by atoms with Crippen LogP contribution in [0.5, 0.6) is 0 Å². The van der Waals surface area contributed by atoms with E-state index in [0.717, 1.165) is 6.92 Å². The van der Waals surface area contributed by atoms with Gasteiger partial charge in [-0.15, -0.1) is 0 Å². The Kier molecular flexibility index (Phi) is 4.41. The zero-order valence-electron chi connectivity index (χ0n) is 8.18. The molecular weight excluding hydrogens is 266 g/mol. The molecule has 0 aliphatic heterocycles. The molecule has 1 rings (SSSR count). The van der Waals surface area contributed by atoms with Gasteiger partial charge in [0.05, 0.1) is 11.6 Å². The van der Waals surface area contributed by atoms with Crippen LogP contribution in [-0.2, 0) is 11.3 Å². The summed E-state index contributed by atoms with van der Waals surface area (Å²) in [5.41, 5.74) is 0.363. The van der Waals surface area contributed by atoms with Crippen LogP contribution in [0.3, 0.4) is 0 Å². The lowest BCUT2D eigenvalue weighted by Crippen LogP contribution is -2.28. The van der Waals surface area contributed by atoms with Crippen LogP contribution in [0.15, 0.2) is 12.3 Å². The van der Waals surface area contributed by atoms with Crippen LogP contribution in [0.25, 0.3) is 0 Å². The van der Waals surface area contributed by atoms with Crippen molar-refractivity contribution in [1.29, 1.82) is 0 Å². The summed E-state index contributed by atoms with van der Waals surface area (Å²) in [5, 5.41) is 0.409. The maximum Gasteiger partial charge on any atom is 0.414 e. The highest BCUT2D eigenvalue weighted by atomic mass is 35.5. The van der Waals surface area contributed by atoms with Crippen LogP contribution in [0.2, 0.25) is 10.2 Å². The fourth-order valence-corrected chi connectivity index (χ4v) is 1.27. The number of halogens is 5. The summed E-state index contributed by atoms with van der Waals surface area (Å²) in [6, 6.07) is 1.35. The number of pyridine rings is 1. The van der Waals surface area contributed by atoms with Gasteiger partial charge in [0.15, 0.2) is 6.10 Å². The maximum absolute atomic E-state index is 12.1. The number of rotatable bonds is 3. The topological polar surface area (TPSA) is 22.1 Å². The van der Waals surface area contributed by atoms with Gasteiger partial charge in [0.25, 0.3) is 0 Å². The molecule has 0 aliphatic rings. The minimum atomic E-state index is -4.38. The molecule has 0 aliphatic carbocycles. The van der Waals surface area contributed by atoms with Gasteiger partial charge < -0.3 is 4.74 Å². The van der Waals surface area contributed by atoms with E-state index in [1.165, 1.54) is 12.3 Å². The van der Waals surface area contributed by atoms with Crippen LogP contribution in [-0.4, -0.2) is 17.3 Å². The summed E-state index contributed by atoms with van der Waals surface area (Å²) in [5.74, 6) is 0. The van der Waals surface area contributed by atoms with Crippen LogP contribution >= 0.6 is 23.2 Å². The SMILES string of the molecule is CC(OCc1cnc(Cl)cc1Cl)C(F)(F)F. The zero-order valence-corrected chi connectivity index (χ0v) is 9.70. The van der Waals surface area contributed by atoms with Crippen LogP contribution in [0.4, 0.5) is 13.2 Å². The van der Waals surface area contributed by atoms with E-state index in [0.29, 0.717) is 5.56 Å². The van der Waals surface area contributed by atoms with Crippen LogP contribution in [0, 0.1) is 0 Å². The number of hydrogen-bond acceptors (Lipinski definition) is 2. The Labute approximate surface area is 100 Å². The van der Waals surface area contributed by atoms with Crippen molar-refractivity contribution in [1.82, 2.24) is 4.98 Å². The molecule has 0 bridgehead atoms. The summed E-state index contributed by atoms with van der Waals surface area (Å²) < 4.78 is 41.0. The van der Waals surface area contributed by atoms with E-state index in [1.807, 2.05) is 0 Å². The van der Waals surface area contributed by atoms with Crippen molar-refractivity contribution in [3.8, 4) is 0 Å². The van der Waals surface area contributed by atoms with Crippen molar-refractivity contribution >= 4 is 23.2 Å². The van der Waals surface area contributed by atoms with Crippen molar-refractivity contribution in [2.75, 3.05) is 0 Å². The maximum atomic E-state index is 12.1. The van der Waals surface area contributed by atoms with E-state index in [4.69, 9.17) is 23.2 Å². The summed E-state index contributed by atoms with van der Waals surface area (Å²) >= 11 is 11.3. The molecule has 1 atom stereocenters. The molecule has 0 amide bonds. The molecule has 0 saturated carbocycles. The molecule has 1 aromatic rings. The summed E-state index contributed by atoms with van der Waals surface area (Å²) in [6.45, 7) is 0.668. The molecule has 0 radical (unpaired) electrons. The molecule has 1 heterocycles. The van der Waals surface area contributed by atoms with Crippen molar-refractivity contribution < 1.29 is 17.9 Å². The molecule has 0 saturated heterocycles. The third-order valence-corrected chi connectivity index (χ3v) is 2.40. The molecule has 90 valence electrons. The Bertz CT molecular complexity index is 370. The Morgan fingerprint density at radius 2 is 2.06 bits per heavy atom. The van der Waals surface area contributed by atoms with E-state index in [-0.39, 0.29) is 16.8 Å². The standard InChI is InChI=1S/C9H8Cl2F3NO/c1-5(9(12,13)14)16-4-6-3-15-8(11)2-7(6)10/h2-3,5H,4H2,1H3. The van der Waals surface area contributed by atoms with Gasteiger partial charge in [-0.2, -0.15) is 13.2 Å². The van der Waals surface area contributed by atoms with Crippen LogP contribution in [0.1, 0.15) is 12.5 Å². The van der Waals surface area contributed by atoms with Gasteiger partial charge in [-0.1, -0.05) is 23.2 Å². The minimum Gasteiger partial charge on any atom is -0.364 e. The number of nitrogens with zero attached hydrogens (tertiary/aromatic N) is 1. The number of ether oxygens (including phenoxy) is 1. The molecule has 2 nitrogen and oxygen atoms in total. The van der Waals surface area contributed by atoms with E-state index in [9.17, 15) is 13.2 Å². The van der Waals surface area contributed by atoms with Crippen molar-refractivity contribution in [2.24, 2.45) is 0 Å². The van der Waals surface area contributed by atoms with Gasteiger partial charge in [-0.25, -0.2) is 4.98 Å². The summed E-state index contributed by atoms with van der Waals surface area (Å²) in [6.07, 6.45) is -4.95. The predicted molar refractivity (Wildman–Crippen MR) is 54.6 cm³/mol. The first-order valence-corrected chi connectivity index (χ1v) is 5.04. The fourth-order valence-electron chi connectivity index (χ4n) is 0.851. The fraction of sp³-hybridized carbons (Fsp3) is 0.444. The number of alkyl halides is 3. The lowest BCUT2D eigenvalue weighted by Gasteiger charge is -2.16. The Morgan fingerprint density at radius 3 is 2.56 bits per heavy atom. The first kappa shape index (κ1) is 13.5. The highest BCUT2D eigenvalue weighted by Crippen LogP contribution is 2.25. The minimum absolute atomic E-state index is 0.178. The highest BCUT2D eigenvalue weighted by molar-refractivity contribution is 6.34. The Hall–Kier alpha value is -0.520. The predicted octanol–water partition coefficient (Wildman–Crippen LogP) is 3.86. The Morgan fingerprint density at radius 1 is 1.44 bits per heavy atom. The van der Waals surface area contributed by atoms with Gasteiger partial charge in [0, 0.05) is 11.8 Å². The second-order valence-electron chi connectivity index (χ2n) is 3.09. The zero-order chi connectivity index (χ0) is 12.3. The molecule has 1 aromatic heterocycles. The first-order valence-electron chi connectivity index (χ1n) is 4.29. The molecule has 1 unspecified atom stereocenters. The van der Waals surface area contributed by atoms with E-state index >= 15 is 0 Å². The first-order chi connectivity index (χ1) is 7.30. The molecular formula is C9H8Cl2F3NO. The lowest BCUT2D eigenvalue weighted by molar-refractivity contribution is -0.217.